The van der Waals surface area contributed by atoms with Crippen LogP contribution in [0.1, 0.15) is 65.5 Å². The topological polar surface area (TPSA) is 68.9 Å². The van der Waals surface area contributed by atoms with E-state index in [1.807, 2.05) is 46.8 Å². The van der Waals surface area contributed by atoms with Gasteiger partial charge in [0.05, 0.1) is 11.1 Å². The summed E-state index contributed by atoms with van der Waals surface area (Å²) in [4.78, 5) is 15.0. The van der Waals surface area contributed by atoms with Gasteiger partial charge in [-0.2, -0.15) is 0 Å². The van der Waals surface area contributed by atoms with Crippen LogP contribution in [0.25, 0.3) is 11.0 Å². The molecular weight excluding hydrogens is 384 g/mol. The number of piperidine rings is 1. The Balaban J connectivity index is 2.10. The van der Waals surface area contributed by atoms with Crippen molar-refractivity contribution in [3.8, 4) is 0 Å². The van der Waals surface area contributed by atoms with Crippen LogP contribution in [0.15, 0.2) is 31.8 Å². The molecule has 0 saturated carbocycles. The van der Waals surface area contributed by atoms with Crippen molar-refractivity contribution < 1.29 is 8.97 Å². The van der Waals surface area contributed by atoms with E-state index in [2.05, 4.69) is 23.1 Å². The van der Waals surface area contributed by atoms with Gasteiger partial charge in [0.15, 0.2) is 11.3 Å². The first-order valence-electron chi connectivity index (χ1n) is 10.2. The van der Waals surface area contributed by atoms with Crippen molar-refractivity contribution in [2.24, 2.45) is 9.81 Å². The highest BCUT2D eigenvalue weighted by Crippen LogP contribution is 2.33. The van der Waals surface area contributed by atoms with Gasteiger partial charge in [0.1, 0.15) is 21.7 Å². The third-order valence-electron chi connectivity index (χ3n) is 5.52. The summed E-state index contributed by atoms with van der Waals surface area (Å²) in [5.74, 6) is 0.604. The van der Waals surface area contributed by atoms with E-state index < -0.39 is 16.1 Å². The van der Waals surface area contributed by atoms with E-state index in [0.29, 0.717) is 28.0 Å². The molecule has 0 N–H and O–H groups in total. The summed E-state index contributed by atoms with van der Waals surface area (Å²) in [5.41, 5.74) is 3.08. The molecule has 0 spiro atoms. The van der Waals surface area contributed by atoms with Gasteiger partial charge in [0.25, 0.3) is 0 Å². The number of rotatable bonds is 3. The summed E-state index contributed by atoms with van der Waals surface area (Å²) >= 11 is -1.38. The Bertz CT molecular complexity index is 992. The second kappa shape index (κ2) is 7.80. The van der Waals surface area contributed by atoms with Gasteiger partial charge in [0, 0.05) is 24.7 Å². The van der Waals surface area contributed by atoms with E-state index in [1.54, 1.807) is 6.07 Å². The minimum Gasteiger partial charge on any atom is -0.591 e. The lowest BCUT2D eigenvalue weighted by Crippen LogP contribution is -2.37. The SMILES string of the molecule is C/C(=N/[S@+]([O-])C(C)(C)C)c1cc(C)cc2c(=O)cc(N3CCC(C)(C)CC3)oc12. The number of aryl methyl sites for hydroxylation is 1. The lowest BCUT2D eigenvalue weighted by atomic mass is 9.83. The van der Waals surface area contributed by atoms with Crippen LogP contribution in [0.4, 0.5) is 5.88 Å². The zero-order chi connectivity index (χ0) is 21.6. The molecule has 0 unspecified atom stereocenters. The van der Waals surface area contributed by atoms with Crippen LogP contribution < -0.4 is 10.3 Å². The van der Waals surface area contributed by atoms with Gasteiger partial charge < -0.3 is 13.9 Å². The number of nitrogens with zero attached hydrogens (tertiary/aromatic N) is 2. The van der Waals surface area contributed by atoms with Crippen molar-refractivity contribution in [2.45, 2.75) is 66.1 Å². The minimum atomic E-state index is -1.38. The molecule has 1 aliphatic rings. The van der Waals surface area contributed by atoms with Crippen molar-refractivity contribution in [3.63, 3.8) is 0 Å². The molecule has 3 rings (SSSR count). The summed E-state index contributed by atoms with van der Waals surface area (Å²) in [6.07, 6.45) is 2.11. The van der Waals surface area contributed by atoms with E-state index in [-0.39, 0.29) is 5.43 Å². The molecule has 2 heterocycles. The normalized spacial score (nSPS) is 18.9. The van der Waals surface area contributed by atoms with E-state index in [1.165, 1.54) is 0 Å². The third-order valence-corrected chi connectivity index (χ3v) is 7.01. The summed E-state index contributed by atoms with van der Waals surface area (Å²) in [6.45, 7) is 15.7. The van der Waals surface area contributed by atoms with Crippen LogP contribution >= 0.6 is 0 Å². The van der Waals surface area contributed by atoms with Gasteiger partial charge in [-0.25, -0.2) is 0 Å². The number of hydrogen-bond donors (Lipinski definition) is 0. The molecule has 158 valence electrons. The van der Waals surface area contributed by atoms with Crippen LogP contribution in [0.3, 0.4) is 0 Å². The molecule has 0 bridgehead atoms. The molecule has 1 saturated heterocycles. The highest BCUT2D eigenvalue weighted by molar-refractivity contribution is 7.91. The van der Waals surface area contributed by atoms with E-state index >= 15 is 0 Å². The number of fused-ring (bicyclic) bond motifs is 1. The Labute approximate surface area is 176 Å². The first kappa shape index (κ1) is 21.9. The lowest BCUT2D eigenvalue weighted by Gasteiger charge is -2.37. The predicted octanol–water partition coefficient (Wildman–Crippen LogP) is 5.00. The fraction of sp³-hybridized carbons (Fsp3) is 0.565. The van der Waals surface area contributed by atoms with Crippen LogP contribution in [0.5, 0.6) is 0 Å². The van der Waals surface area contributed by atoms with Crippen molar-refractivity contribution in [3.05, 3.63) is 39.5 Å². The molecule has 1 fully saturated rings. The maximum atomic E-state index is 12.9. The summed E-state index contributed by atoms with van der Waals surface area (Å²) in [7, 11) is 0. The fourth-order valence-electron chi connectivity index (χ4n) is 3.46. The highest BCUT2D eigenvalue weighted by Gasteiger charge is 2.29. The molecule has 0 amide bonds. The second-order valence-corrected chi connectivity index (χ2v) is 11.7. The fourth-order valence-corrected chi connectivity index (χ4v) is 4.08. The highest BCUT2D eigenvalue weighted by atomic mass is 32.2. The van der Waals surface area contributed by atoms with Gasteiger partial charge >= 0.3 is 0 Å². The molecule has 0 radical (unpaired) electrons. The van der Waals surface area contributed by atoms with E-state index in [9.17, 15) is 9.35 Å². The molecule has 5 nitrogen and oxygen atoms in total. The van der Waals surface area contributed by atoms with E-state index in [0.717, 1.165) is 37.1 Å². The number of hydrogen-bond acceptors (Lipinski definition) is 5. The average Bonchev–Trinajstić information content (AvgIpc) is 2.60. The quantitative estimate of drug-likeness (QED) is 0.522. The molecular formula is C23H32N2O3S. The van der Waals surface area contributed by atoms with Crippen LogP contribution in [0, 0.1) is 12.3 Å². The van der Waals surface area contributed by atoms with Crippen molar-refractivity contribution in [1.29, 1.82) is 0 Å². The third kappa shape index (κ3) is 4.86. The molecule has 6 heteroatoms. The van der Waals surface area contributed by atoms with Gasteiger partial charge in [-0.1, -0.05) is 18.2 Å². The molecule has 1 atom stereocenters. The Morgan fingerprint density at radius 1 is 1.21 bits per heavy atom. The van der Waals surface area contributed by atoms with Gasteiger partial charge in [-0.3, -0.25) is 4.79 Å². The maximum Gasteiger partial charge on any atom is 0.200 e. The Hall–Kier alpha value is -1.79. The molecule has 1 aromatic heterocycles. The minimum absolute atomic E-state index is 0.0548. The summed E-state index contributed by atoms with van der Waals surface area (Å²) in [6, 6.07) is 5.40. The summed E-state index contributed by atoms with van der Waals surface area (Å²) in [5, 5.41) is 0.539. The van der Waals surface area contributed by atoms with E-state index in [4.69, 9.17) is 4.42 Å². The Morgan fingerprint density at radius 2 is 1.83 bits per heavy atom. The Morgan fingerprint density at radius 3 is 2.41 bits per heavy atom. The lowest BCUT2D eigenvalue weighted by molar-refractivity contribution is 0.274. The van der Waals surface area contributed by atoms with Crippen LogP contribution in [-0.2, 0) is 11.4 Å². The average molecular weight is 417 g/mol. The van der Waals surface area contributed by atoms with Gasteiger partial charge in [-0.05, 0) is 70.6 Å². The molecule has 1 aliphatic heterocycles. The molecule has 0 aliphatic carbocycles. The smallest absolute Gasteiger partial charge is 0.200 e. The molecule has 2 aromatic rings. The maximum absolute atomic E-state index is 12.9. The number of anilines is 1. The first-order chi connectivity index (χ1) is 13.4. The standard InChI is InChI=1S/C23H32N2O3S/c1-15-12-17(16(2)24-29(27)22(3,4)5)21-18(13-15)19(26)14-20(28-21)25-10-8-23(6,7)9-11-25/h12-14H,8-11H2,1-7H3/b24-16-/t29-/m1/s1. The summed E-state index contributed by atoms with van der Waals surface area (Å²) < 4.78 is 22.8. The monoisotopic (exact) mass is 416 g/mol. The van der Waals surface area contributed by atoms with Crippen LogP contribution in [-0.4, -0.2) is 28.1 Å². The molecule has 29 heavy (non-hydrogen) atoms. The zero-order valence-corrected chi connectivity index (χ0v) is 19.4. The number of benzene rings is 1. The first-order valence-corrected chi connectivity index (χ1v) is 11.3. The van der Waals surface area contributed by atoms with Crippen molar-refractivity contribution in [1.82, 2.24) is 0 Å². The molecule has 1 aromatic carbocycles. The zero-order valence-electron chi connectivity index (χ0n) is 18.6. The second-order valence-electron chi connectivity index (χ2n) is 9.83. The van der Waals surface area contributed by atoms with Crippen molar-refractivity contribution in [2.75, 3.05) is 18.0 Å². The Kier molecular flexibility index (Phi) is 5.89. The predicted molar refractivity (Wildman–Crippen MR) is 123 cm³/mol. The van der Waals surface area contributed by atoms with Crippen LogP contribution in [0.2, 0.25) is 0 Å². The largest absolute Gasteiger partial charge is 0.591 e. The van der Waals surface area contributed by atoms with Crippen molar-refractivity contribution >= 4 is 33.9 Å². The van der Waals surface area contributed by atoms with Gasteiger partial charge in [-0.15, -0.1) is 0 Å². The van der Waals surface area contributed by atoms with Gasteiger partial charge in [0.2, 0.25) is 0 Å².